The maximum Gasteiger partial charge on any atom is 0.231 e. The van der Waals surface area contributed by atoms with Crippen molar-refractivity contribution in [2.75, 3.05) is 20.4 Å². The summed E-state index contributed by atoms with van der Waals surface area (Å²) in [5.74, 6) is 1.73. The quantitative estimate of drug-likeness (QED) is 0.886. The van der Waals surface area contributed by atoms with Crippen LogP contribution in [0.3, 0.4) is 0 Å². The summed E-state index contributed by atoms with van der Waals surface area (Å²) in [6.07, 6.45) is 3.53. The lowest BCUT2D eigenvalue weighted by Crippen LogP contribution is -2.41. The summed E-state index contributed by atoms with van der Waals surface area (Å²) < 4.78 is 16.4. The lowest BCUT2D eigenvalue weighted by molar-refractivity contribution is 0.160. The molecule has 98 valence electrons. The van der Waals surface area contributed by atoms with Crippen LogP contribution in [0.25, 0.3) is 0 Å². The maximum atomic E-state index is 5.97. The fraction of sp³-hybridized carbons (Fsp3) is 0.571. The zero-order valence-electron chi connectivity index (χ0n) is 10.7. The van der Waals surface area contributed by atoms with Crippen LogP contribution in [0, 0.1) is 0 Å². The second kappa shape index (κ2) is 4.44. The van der Waals surface area contributed by atoms with Crippen LogP contribution < -0.4 is 15.2 Å². The van der Waals surface area contributed by atoms with Gasteiger partial charge in [0.25, 0.3) is 0 Å². The summed E-state index contributed by atoms with van der Waals surface area (Å²) >= 11 is 0. The second-order valence-electron chi connectivity index (χ2n) is 5.11. The van der Waals surface area contributed by atoms with Gasteiger partial charge < -0.3 is 19.9 Å². The van der Waals surface area contributed by atoms with Crippen LogP contribution in [-0.4, -0.2) is 20.4 Å². The first-order valence-corrected chi connectivity index (χ1v) is 6.42. The molecule has 0 amide bonds. The largest absolute Gasteiger partial charge is 0.453 e. The van der Waals surface area contributed by atoms with Gasteiger partial charge >= 0.3 is 0 Å². The molecule has 1 saturated carbocycles. The van der Waals surface area contributed by atoms with Gasteiger partial charge in [0.2, 0.25) is 6.79 Å². The molecule has 0 atom stereocenters. The molecule has 2 aliphatic rings. The zero-order chi connectivity index (χ0) is 12.6. The Morgan fingerprint density at radius 1 is 1.28 bits per heavy atom. The summed E-state index contributed by atoms with van der Waals surface area (Å²) in [6.45, 7) is 1.51. The molecule has 2 N–H and O–H groups in total. The van der Waals surface area contributed by atoms with Gasteiger partial charge in [0.15, 0.2) is 11.5 Å². The van der Waals surface area contributed by atoms with Gasteiger partial charge in [-0.2, -0.15) is 0 Å². The van der Waals surface area contributed by atoms with Crippen molar-refractivity contribution in [1.29, 1.82) is 0 Å². The molecule has 1 aromatic carbocycles. The van der Waals surface area contributed by atoms with Gasteiger partial charge in [-0.1, -0.05) is 18.6 Å². The highest BCUT2D eigenvalue weighted by Crippen LogP contribution is 2.51. The third-order valence-corrected chi connectivity index (χ3v) is 4.17. The smallest absolute Gasteiger partial charge is 0.231 e. The highest BCUT2D eigenvalue weighted by molar-refractivity contribution is 5.56. The summed E-state index contributed by atoms with van der Waals surface area (Å²) in [5.41, 5.74) is 8.32. The van der Waals surface area contributed by atoms with Crippen molar-refractivity contribution in [2.24, 2.45) is 5.73 Å². The van der Waals surface area contributed by atoms with Crippen LogP contribution in [0.2, 0.25) is 0 Å². The molecule has 1 aliphatic carbocycles. The predicted octanol–water partition coefficient (Wildman–Crippen LogP) is 1.94. The van der Waals surface area contributed by atoms with Crippen LogP contribution >= 0.6 is 0 Å². The average molecular weight is 249 g/mol. The number of hydrogen-bond donors (Lipinski definition) is 1. The van der Waals surface area contributed by atoms with Gasteiger partial charge in [0, 0.05) is 30.2 Å². The lowest BCUT2D eigenvalue weighted by Gasteiger charge is -2.41. The number of fused-ring (bicyclic) bond motifs is 1. The lowest BCUT2D eigenvalue weighted by atomic mass is 9.64. The van der Waals surface area contributed by atoms with Gasteiger partial charge in [-0.05, 0) is 12.8 Å². The topological polar surface area (TPSA) is 53.7 Å². The first kappa shape index (κ1) is 11.8. The molecule has 3 rings (SSSR count). The normalized spacial score (nSPS) is 19.7. The molecule has 0 bridgehead atoms. The Morgan fingerprint density at radius 3 is 2.67 bits per heavy atom. The number of nitrogens with two attached hydrogens (primary N) is 1. The fourth-order valence-electron chi connectivity index (χ4n) is 2.93. The minimum atomic E-state index is 0.101. The van der Waals surface area contributed by atoms with Crippen molar-refractivity contribution in [3.8, 4) is 11.5 Å². The minimum Gasteiger partial charge on any atom is -0.453 e. The number of rotatable bonds is 4. The van der Waals surface area contributed by atoms with Gasteiger partial charge in [0.1, 0.15) is 0 Å². The van der Waals surface area contributed by atoms with E-state index in [1.165, 1.54) is 12.0 Å². The molecule has 18 heavy (non-hydrogen) atoms. The highest BCUT2D eigenvalue weighted by atomic mass is 16.7. The van der Waals surface area contributed by atoms with Crippen molar-refractivity contribution in [3.05, 3.63) is 23.3 Å². The van der Waals surface area contributed by atoms with Gasteiger partial charge in [-0.25, -0.2) is 0 Å². The molecule has 1 aliphatic heterocycles. The summed E-state index contributed by atoms with van der Waals surface area (Å²) in [6, 6.07) is 4.20. The molecule has 1 aromatic rings. The number of methoxy groups -OCH3 is 1. The van der Waals surface area contributed by atoms with E-state index in [1.807, 2.05) is 0 Å². The van der Waals surface area contributed by atoms with Crippen LogP contribution in [0.5, 0.6) is 11.5 Å². The van der Waals surface area contributed by atoms with Crippen molar-refractivity contribution < 1.29 is 14.2 Å². The Labute approximate surface area is 107 Å². The number of benzene rings is 1. The van der Waals surface area contributed by atoms with Crippen LogP contribution in [0.1, 0.15) is 30.4 Å². The van der Waals surface area contributed by atoms with Crippen LogP contribution in [0.15, 0.2) is 12.1 Å². The number of ether oxygens (including phenoxy) is 3. The Balaban J connectivity index is 2.04. The van der Waals surface area contributed by atoms with Gasteiger partial charge in [-0.15, -0.1) is 0 Å². The first-order chi connectivity index (χ1) is 8.80. The molecule has 0 saturated heterocycles. The van der Waals surface area contributed by atoms with E-state index in [2.05, 4.69) is 12.1 Å². The average Bonchev–Trinajstić information content (AvgIpc) is 2.80. The zero-order valence-corrected chi connectivity index (χ0v) is 10.7. The highest BCUT2D eigenvalue weighted by Gasteiger charge is 2.41. The van der Waals surface area contributed by atoms with Crippen LogP contribution in [-0.2, 0) is 16.8 Å². The Morgan fingerprint density at radius 2 is 2.06 bits per heavy atom. The number of hydrogen-bond acceptors (Lipinski definition) is 4. The molecule has 4 nitrogen and oxygen atoms in total. The van der Waals surface area contributed by atoms with E-state index in [0.717, 1.165) is 29.9 Å². The second-order valence-corrected chi connectivity index (χ2v) is 5.11. The van der Waals surface area contributed by atoms with Crippen molar-refractivity contribution >= 4 is 0 Å². The van der Waals surface area contributed by atoms with E-state index in [1.54, 1.807) is 7.11 Å². The van der Waals surface area contributed by atoms with E-state index in [-0.39, 0.29) is 5.41 Å². The summed E-state index contributed by atoms with van der Waals surface area (Å²) in [7, 11) is 1.68. The van der Waals surface area contributed by atoms with E-state index in [9.17, 15) is 0 Å². The molecule has 0 spiro atoms. The molecule has 0 unspecified atom stereocenters. The van der Waals surface area contributed by atoms with Crippen molar-refractivity contribution in [3.63, 3.8) is 0 Å². The van der Waals surface area contributed by atoms with Crippen molar-refractivity contribution in [1.82, 2.24) is 0 Å². The van der Waals surface area contributed by atoms with Gasteiger partial charge in [-0.3, -0.25) is 0 Å². The molecular formula is C14H19NO3. The molecule has 4 heteroatoms. The Kier molecular flexibility index (Phi) is 2.92. The fourth-order valence-corrected chi connectivity index (χ4v) is 2.93. The third kappa shape index (κ3) is 1.60. The summed E-state index contributed by atoms with van der Waals surface area (Å²) in [5, 5.41) is 0. The Hall–Kier alpha value is -1.26. The van der Waals surface area contributed by atoms with E-state index in [4.69, 9.17) is 19.9 Å². The maximum absolute atomic E-state index is 5.97. The van der Waals surface area contributed by atoms with Crippen molar-refractivity contribution in [2.45, 2.75) is 31.3 Å². The van der Waals surface area contributed by atoms with E-state index >= 15 is 0 Å². The predicted molar refractivity (Wildman–Crippen MR) is 67.9 cm³/mol. The SMILES string of the molecule is COCc1ccc(C2(CN)CCC2)c2c1OCO2. The van der Waals surface area contributed by atoms with Gasteiger partial charge in [0.05, 0.1) is 6.61 Å². The Bertz CT molecular complexity index is 449. The van der Waals surface area contributed by atoms with Crippen LogP contribution in [0.4, 0.5) is 0 Å². The minimum absolute atomic E-state index is 0.101. The molecular weight excluding hydrogens is 230 g/mol. The monoisotopic (exact) mass is 249 g/mol. The van der Waals surface area contributed by atoms with E-state index in [0.29, 0.717) is 19.9 Å². The van der Waals surface area contributed by atoms with E-state index < -0.39 is 0 Å². The third-order valence-electron chi connectivity index (χ3n) is 4.17. The molecule has 1 fully saturated rings. The standard InChI is InChI=1S/C14H19NO3/c1-16-7-10-3-4-11(13-12(10)17-9-18-13)14(8-15)5-2-6-14/h3-4H,2,5-9,15H2,1H3. The first-order valence-electron chi connectivity index (χ1n) is 6.42. The molecule has 0 aromatic heterocycles. The molecule has 0 radical (unpaired) electrons. The summed E-state index contributed by atoms with van der Waals surface area (Å²) in [4.78, 5) is 0. The molecule has 1 heterocycles.